The van der Waals surface area contributed by atoms with Gasteiger partial charge in [-0.25, -0.2) is 0 Å². The van der Waals surface area contributed by atoms with Crippen molar-refractivity contribution in [1.29, 1.82) is 0 Å². The fraction of sp³-hybridized carbons (Fsp3) is 0.185. The number of ketones is 1. The lowest BCUT2D eigenvalue weighted by Crippen LogP contribution is -2.40. The van der Waals surface area contributed by atoms with E-state index in [2.05, 4.69) is 10.6 Å². The van der Waals surface area contributed by atoms with Crippen LogP contribution in [0.15, 0.2) is 84.9 Å². The van der Waals surface area contributed by atoms with Crippen molar-refractivity contribution in [2.45, 2.75) is 19.4 Å². The van der Waals surface area contributed by atoms with Crippen LogP contribution in [0.1, 0.15) is 33.2 Å². The number of hydrogen-bond donors (Lipinski definition) is 2. The van der Waals surface area contributed by atoms with Crippen LogP contribution in [-0.2, 0) is 25.5 Å². The van der Waals surface area contributed by atoms with Crippen LogP contribution in [0.3, 0.4) is 0 Å². The molecule has 0 aliphatic carbocycles. The Balaban J connectivity index is 1.53. The number of ether oxygens (including phenoxy) is 1. The molecular formula is C27H26N2O5. The van der Waals surface area contributed by atoms with Crippen molar-refractivity contribution >= 4 is 23.6 Å². The molecule has 0 saturated carbocycles. The summed E-state index contributed by atoms with van der Waals surface area (Å²) in [6.45, 7) is 1.21. The largest absolute Gasteiger partial charge is 0.448 e. The molecule has 7 nitrogen and oxygen atoms in total. The number of aryl methyl sites for hydroxylation is 1. The predicted octanol–water partition coefficient (Wildman–Crippen LogP) is 2.94. The van der Waals surface area contributed by atoms with Crippen molar-refractivity contribution in [3.8, 4) is 0 Å². The summed E-state index contributed by atoms with van der Waals surface area (Å²) in [4.78, 5) is 49.5. The highest BCUT2D eigenvalue weighted by Crippen LogP contribution is 2.23. The number of carbonyl (C=O) groups is 4. The van der Waals surface area contributed by atoms with Gasteiger partial charge in [0.2, 0.25) is 17.6 Å². The van der Waals surface area contributed by atoms with Gasteiger partial charge in [-0.05, 0) is 12.5 Å². The summed E-state index contributed by atoms with van der Waals surface area (Å²) in [5.74, 6) is -1.98. The lowest BCUT2D eigenvalue weighted by molar-refractivity contribution is -0.147. The average Bonchev–Trinajstić information content (AvgIpc) is 2.86. The molecule has 0 aliphatic heterocycles. The van der Waals surface area contributed by atoms with Crippen molar-refractivity contribution in [2.75, 3.05) is 13.1 Å². The number of benzene rings is 3. The molecule has 2 N–H and O–H groups in total. The smallest absolute Gasteiger partial charge is 0.326 e. The molecule has 0 aromatic heterocycles. The number of amides is 2. The van der Waals surface area contributed by atoms with E-state index in [0.717, 1.165) is 11.1 Å². The molecule has 174 valence electrons. The number of rotatable bonds is 10. The van der Waals surface area contributed by atoms with Crippen LogP contribution >= 0.6 is 0 Å². The highest BCUT2D eigenvalue weighted by atomic mass is 16.5. The maximum absolute atomic E-state index is 13.0. The van der Waals surface area contributed by atoms with Gasteiger partial charge in [0.25, 0.3) is 0 Å². The first-order chi connectivity index (χ1) is 16.4. The normalized spacial score (nSPS) is 11.2. The first-order valence-electron chi connectivity index (χ1n) is 10.8. The third-order valence-electron chi connectivity index (χ3n) is 5.01. The van der Waals surface area contributed by atoms with E-state index in [0.29, 0.717) is 11.1 Å². The highest BCUT2D eigenvalue weighted by Gasteiger charge is 2.26. The topological polar surface area (TPSA) is 102 Å². The molecule has 3 rings (SSSR count). The summed E-state index contributed by atoms with van der Waals surface area (Å²) >= 11 is 0. The quantitative estimate of drug-likeness (QED) is 0.359. The average molecular weight is 459 g/mol. The molecule has 2 amide bonds. The molecular weight excluding hydrogens is 432 g/mol. The number of nitrogens with one attached hydrogen (secondary N) is 2. The Labute approximate surface area is 198 Å². The molecule has 0 fully saturated rings. The molecule has 0 saturated heterocycles. The summed E-state index contributed by atoms with van der Waals surface area (Å²) in [7, 11) is 0. The monoisotopic (exact) mass is 458 g/mol. The Kier molecular flexibility index (Phi) is 8.68. The maximum Gasteiger partial charge on any atom is 0.326 e. The van der Waals surface area contributed by atoms with Gasteiger partial charge in [0.15, 0.2) is 6.10 Å². The van der Waals surface area contributed by atoms with Crippen molar-refractivity contribution in [3.63, 3.8) is 0 Å². The second-order valence-corrected chi connectivity index (χ2v) is 7.73. The van der Waals surface area contributed by atoms with Crippen molar-refractivity contribution < 1.29 is 23.9 Å². The molecule has 3 aromatic carbocycles. The van der Waals surface area contributed by atoms with Gasteiger partial charge in [0.1, 0.15) is 6.54 Å². The highest BCUT2D eigenvalue weighted by molar-refractivity contribution is 6.01. The minimum atomic E-state index is -1.14. The SMILES string of the molecule is Cc1ccc(C(=O)[C@H](OC(=O)CNC(=O)CNC(=O)Cc2ccccc2)c2ccccc2)cc1. The number of carbonyl (C=O) groups excluding carboxylic acids is 4. The van der Waals surface area contributed by atoms with Gasteiger partial charge >= 0.3 is 5.97 Å². The fourth-order valence-corrected chi connectivity index (χ4v) is 3.20. The van der Waals surface area contributed by atoms with Gasteiger partial charge < -0.3 is 15.4 Å². The van der Waals surface area contributed by atoms with Crippen LogP contribution in [0, 0.1) is 6.92 Å². The maximum atomic E-state index is 13.0. The Hall–Kier alpha value is -4.26. The second-order valence-electron chi connectivity index (χ2n) is 7.73. The van der Waals surface area contributed by atoms with Crippen LogP contribution in [-0.4, -0.2) is 36.7 Å². The summed E-state index contributed by atoms with van der Waals surface area (Å²) in [5, 5.41) is 4.91. The molecule has 7 heteroatoms. The van der Waals surface area contributed by atoms with Crippen molar-refractivity contribution in [3.05, 3.63) is 107 Å². The lowest BCUT2D eigenvalue weighted by Gasteiger charge is -2.18. The Morgan fingerprint density at radius 2 is 1.32 bits per heavy atom. The van der Waals surface area contributed by atoms with Gasteiger partial charge in [-0.2, -0.15) is 0 Å². The van der Waals surface area contributed by atoms with Gasteiger partial charge in [-0.1, -0.05) is 90.5 Å². The lowest BCUT2D eigenvalue weighted by atomic mass is 9.99. The van der Waals surface area contributed by atoms with Crippen LogP contribution in [0.5, 0.6) is 0 Å². The zero-order valence-corrected chi connectivity index (χ0v) is 18.8. The molecule has 0 heterocycles. The zero-order chi connectivity index (χ0) is 24.3. The van der Waals surface area contributed by atoms with Crippen LogP contribution < -0.4 is 10.6 Å². The molecule has 0 bridgehead atoms. The first-order valence-corrected chi connectivity index (χ1v) is 10.8. The van der Waals surface area contributed by atoms with Crippen LogP contribution in [0.25, 0.3) is 0 Å². The molecule has 1 atom stereocenters. The molecule has 0 unspecified atom stereocenters. The Morgan fingerprint density at radius 1 is 0.735 bits per heavy atom. The van der Waals surface area contributed by atoms with E-state index in [4.69, 9.17) is 4.74 Å². The first kappa shape index (κ1) is 24.4. The van der Waals surface area contributed by atoms with E-state index in [1.165, 1.54) is 0 Å². The van der Waals surface area contributed by atoms with E-state index < -0.39 is 24.5 Å². The minimum absolute atomic E-state index is 0.149. The summed E-state index contributed by atoms with van der Waals surface area (Å²) in [5.41, 5.74) is 2.77. The van der Waals surface area contributed by atoms with Gasteiger partial charge in [-0.3, -0.25) is 19.2 Å². The van der Waals surface area contributed by atoms with Crippen molar-refractivity contribution in [1.82, 2.24) is 10.6 Å². The Morgan fingerprint density at radius 3 is 1.97 bits per heavy atom. The van der Waals surface area contributed by atoms with Gasteiger partial charge in [0, 0.05) is 11.1 Å². The van der Waals surface area contributed by atoms with E-state index in [9.17, 15) is 19.2 Å². The zero-order valence-electron chi connectivity index (χ0n) is 18.8. The summed E-state index contributed by atoms with van der Waals surface area (Å²) in [6, 6.07) is 24.8. The van der Waals surface area contributed by atoms with Gasteiger partial charge in [0.05, 0.1) is 13.0 Å². The summed E-state index contributed by atoms with van der Waals surface area (Å²) in [6.07, 6.45) is -0.991. The van der Waals surface area contributed by atoms with Crippen LogP contribution in [0.2, 0.25) is 0 Å². The van der Waals surface area contributed by atoms with E-state index in [1.807, 2.05) is 49.4 Å². The molecule has 0 spiro atoms. The second kappa shape index (κ2) is 12.1. The summed E-state index contributed by atoms with van der Waals surface area (Å²) < 4.78 is 5.45. The van der Waals surface area contributed by atoms with E-state index >= 15 is 0 Å². The number of esters is 1. The van der Waals surface area contributed by atoms with E-state index in [1.54, 1.807) is 42.5 Å². The number of Topliss-reactive ketones (excluding diaryl/α,β-unsaturated/α-hetero) is 1. The molecule has 0 radical (unpaired) electrons. The third kappa shape index (κ3) is 7.41. The van der Waals surface area contributed by atoms with Crippen molar-refractivity contribution in [2.24, 2.45) is 0 Å². The minimum Gasteiger partial charge on any atom is -0.448 e. The fourth-order valence-electron chi connectivity index (χ4n) is 3.20. The third-order valence-corrected chi connectivity index (χ3v) is 5.01. The Bertz CT molecular complexity index is 1130. The number of hydrogen-bond acceptors (Lipinski definition) is 5. The van der Waals surface area contributed by atoms with Gasteiger partial charge in [-0.15, -0.1) is 0 Å². The van der Waals surface area contributed by atoms with E-state index in [-0.39, 0.29) is 24.7 Å². The predicted molar refractivity (Wildman–Crippen MR) is 127 cm³/mol. The molecule has 34 heavy (non-hydrogen) atoms. The molecule has 3 aromatic rings. The van der Waals surface area contributed by atoms with Crippen LogP contribution in [0.4, 0.5) is 0 Å². The molecule has 0 aliphatic rings. The standard InChI is InChI=1S/C27H26N2O5/c1-19-12-14-21(15-13-19)26(33)27(22-10-6-3-7-11-22)34-25(32)18-29-24(31)17-28-23(30)16-20-8-4-2-5-9-20/h2-15,27H,16-18H2,1H3,(H,28,30)(H,29,31)/t27-/m1/s1.